The lowest BCUT2D eigenvalue weighted by Gasteiger charge is -2.40. The number of nitrogens with two attached hydrogens (primary N) is 1. The molecule has 34 heavy (non-hydrogen) atoms. The summed E-state index contributed by atoms with van der Waals surface area (Å²) in [6, 6.07) is 5.19. The number of aromatic nitrogens is 2. The number of nitrogen functional groups attached to an aromatic ring is 1. The molecule has 0 spiro atoms. The van der Waals surface area contributed by atoms with Gasteiger partial charge in [0.15, 0.2) is 11.6 Å². The topological polar surface area (TPSA) is 110 Å². The fourth-order valence-electron chi connectivity index (χ4n) is 3.51. The smallest absolute Gasteiger partial charge is 0.408 e. The minimum Gasteiger partial charge on any atom is -0.444 e. The summed E-state index contributed by atoms with van der Waals surface area (Å²) < 4.78 is 5.39. The molecule has 1 saturated heterocycles. The Labute approximate surface area is 209 Å². The summed E-state index contributed by atoms with van der Waals surface area (Å²) in [5.41, 5.74) is 5.68. The molecular formula is C24H30ClN5O3S. The van der Waals surface area contributed by atoms with Gasteiger partial charge in [0, 0.05) is 29.1 Å². The van der Waals surface area contributed by atoms with Crippen molar-refractivity contribution in [3.8, 4) is 0 Å². The average molecular weight is 504 g/mol. The Kier molecular flexibility index (Phi) is 7.77. The number of ketones is 1. The predicted molar refractivity (Wildman–Crippen MR) is 136 cm³/mol. The van der Waals surface area contributed by atoms with Gasteiger partial charge in [0.05, 0.1) is 11.2 Å². The van der Waals surface area contributed by atoms with Gasteiger partial charge in [-0.25, -0.2) is 14.8 Å². The molecule has 0 aliphatic carbocycles. The van der Waals surface area contributed by atoms with Crippen molar-refractivity contribution in [3.05, 3.63) is 47.6 Å². The van der Waals surface area contributed by atoms with Crippen molar-refractivity contribution in [1.82, 2.24) is 15.3 Å². The van der Waals surface area contributed by atoms with Gasteiger partial charge < -0.3 is 20.7 Å². The van der Waals surface area contributed by atoms with Crippen LogP contribution in [0.5, 0.6) is 0 Å². The van der Waals surface area contributed by atoms with E-state index in [0.29, 0.717) is 39.4 Å². The number of allylic oxidation sites excluding steroid dienone is 1. The van der Waals surface area contributed by atoms with Crippen molar-refractivity contribution in [1.29, 1.82) is 0 Å². The van der Waals surface area contributed by atoms with E-state index in [9.17, 15) is 9.59 Å². The number of hydrogen-bond donors (Lipinski definition) is 2. The van der Waals surface area contributed by atoms with Crippen LogP contribution in [0.4, 0.5) is 16.4 Å². The van der Waals surface area contributed by atoms with Crippen molar-refractivity contribution in [3.63, 3.8) is 0 Å². The third-order valence-electron chi connectivity index (χ3n) is 5.37. The van der Waals surface area contributed by atoms with Gasteiger partial charge in [0.2, 0.25) is 0 Å². The zero-order valence-corrected chi connectivity index (χ0v) is 21.4. The monoisotopic (exact) mass is 503 g/mol. The number of rotatable bonds is 6. The second kappa shape index (κ2) is 10.2. The maximum absolute atomic E-state index is 12.2. The number of nitrogens with one attached hydrogen (secondary N) is 1. The highest BCUT2D eigenvalue weighted by atomic mass is 35.5. The van der Waals surface area contributed by atoms with Crippen LogP contribution >= 0.6 is 23.4 Å². The number of amides is 1. The van der Waals surface area contributed by atoms with Gasteiger partial charge in [0.25, 0.3) is 0 Å². The van der Waals surface area contributed by atoms with E-state index in [1.807, 2.05) is 27.7 Å². The molecular weight excluding hydrogens is 474 g/mol. The lowest BCUT2D eigenvalue weighted by Crippen LogP contribution is -2.54. The number of nitrogens with zero attached hydrogens (tertiary/aromatic N) is 3. The molecule has 0 saturated carbocycles. The fraction of sp³-hybridized carbons (Fsp3) is 0.417. The van der Waals surface area contributed by atoms with E-state index in [0.717, 1.165) is 12.8 Å². The van der Waals surface area contributed by atoms with Crippen LogP contribution in [0.3, 0.4) is 0 Å². The first kappa shape index (κ1) is 25.8. The van der Waals surface area contributed by atoms with Gasteiger partial charge in [-0.15, -0.1) is 0 Å². The van der Waals surface area contributed by atoms with Gasteiger partial charge in [-0.1, -0.05) is 36.0 Å². The second-order valence-electron chi connectivity index (χ2n) is 9.38. The molecule has 1 aromatic carbocycles. The van der Waals surface area contributed by atoms with Crippen molar-refractivity contribution in [2.75, 3.05) is 23.7 Å². The second-order valence-corrected chi connectivity index (χ2v) is 10.8. The molecule has 182 valence electrons. The lowest BCUT2D eigenvalue weighted by molar-refractivity contribution is 0.0448. The summed E-state index contributed by atoms with van der Waals surface area (Å²) in [5, 5.41) is 3.83. The molecule has 1 aliphatic heterocycles. The normalized spacial score (nSPS) is 15.5. The van der Waals surface area contributed by atoms with E-state index in [-0.39, 0.29) is 17.1 Å². The van der Waals surface area contributed by atoms with Gasteiger partial charge in [0.1, 0.15) is 16.4 Å². The van der Waals surface area contributed by atoms with Gasteiger partial charge in [-0.05, 0) is 58.7 Å². The SMILES string of the molecule is C=CC(=O)c1cccc(Sc2ncc(N3CCC(C)(NC(=O)OC(C)(C)C)CC3)nc2N)c1Cl. The van der Waals surface area contributed by atoms with E-state index in [1.54, 1.807) is 24.4 Å². The van der Waals surface area contributed by atoms with E-state index >= 15 is 0 Å². The third kappa shape index (κ3) is 6.42. The van der Waals surface area contributed by atoms with Crippen LogP contribution in [0.2, 0.25) is 5.02 Å². The quantitative estimate of drug-likeness (QED) is 0.413. The molecule has 1 aromatic heterocycles. The number of piperidine rings is 1. The molecule has 0 radical (unpaired) electrons. The van der Waals surface area contributed by atoms with Crippen LogP contribution in [0.25, 0.3) is 0 Å². The van der Waals surface area contributed by atoms with E-state index in [1.165, 1.54) is 17.8 Å². The Balaban J connectivity index is 1.66. The molecule has 1 fully saturated rings. The average Bonchev–Trinajstić information content (AvgIpc) is 2.74. The highest BCUT2D eigenvalue weighted by Gasteiger charge is 2.33. The maximum atomic E-state index is 12.2. The summed E-state index contributed by atoms with van der Waals surface area (Å²) >= 11 is 7.66. The molecule has 8 nitrogen and oxygen atoms in total. The number of anilines is 2. The molecule has 3 N–H and O–H groups in total. The summed E-state index contributed by atoms with van der Waals surface area (Å²) in [4.78, 5) is 36.0. The fourth-order valence-corrected chi connectivity index (χ4v) is 4.66. The Morgan fingerprint density at radius 3 is 2.59 bits per heavy atom. The van der Waals surface area contributed by atoms with Crippen LogP contribution in [0, 0.1) is 0 Å². The van der Waals surface area contributed by atoms with Crippen LogP contribution in [0.15, 0.2) is 47.0 Å². The zero-order chi connectivity index (χ0) is 25.1. The third-order valence-corrected chi connectivity index (χ3v) is 6.95. The first-order chi connectivity index (χ1) is 15.9. The number of carbonyl (C=O) groups excluding carboxylic acids is 2. The highest BCUT2D eigenvalue weighted by Crippen LogP contribution is 2.37. The molecule has 3 rings (SSSR count). The first-order valence-corrected chi connectivity index (χ1v) is 12.1. The molecule has 0 atom stereocenters. The summed E-state index contributed by atoms with van der Waals surface area (Å²) in [7, 11) is 0. The summed E-state index contributed by atoms with van der Waals surface area (Å²) in [5.74, 6) is 0.696. The number of ether oxygens (including phenoxy) is 1. The number of benzene rings is 1. The standard InChI is InChI=1S/C24H30ClN5O3S/c1-6-16(31)15-8-7-9-17(19(15)25)34-21-20(26)28-18(14-27-21)30-12-10-24(5,11-13-30)29-22(32)33-23(2,3)4/h6-9,14H,1,10-13H2,2-5H3,(H2,26,28)(H,29,32). The van der Waals surface area contributed by atoms with Crippen LogP contribution < -0.4 is 16.0 Å². The van der Waals surface area contributed by atoms with Crippen molar-refractivity contribution < 1.29 is 14.3 Å². The lowest BCUT2D eigenvalue weighted by atomic mass is 9.90. The number of carbonyl (C=O) groups is 2. The number of halogens is 1. The van der Waals surface area contributed by atoms with E-state index in [2.05, 4.69) is 26.8 Å². The summed E-state index contributed by atoms with van der Waals surface area (Å²) in [6.07, 6.45) is 3.95. The largest absolute Gasteiger partial charge is 0.444 e. The molecule has 1 amide bonds. The minimum absolute atomic E-state index is 0.250. The Bertz CT molecular complexity index is 1090. The predicted octanol–water partition coefficient (Wildman–Crippen LogP) is 5.12. The molecule has 2 heterocycles. The first-order valence-electron chi connectivity index (χ1n) is 10.9. The van der Waals surface area contributed by atoms with Gasteiger partial charge in [-0.3, -0.25) is 4.79 Å². The van der Waals surface area contributed by atoms with Crippen molar-refractivity contribution >= 4 is 46.9 Å². The molecule has 0 unspecified atom stereocenters. The van der Waals surface area contributed by atoms with Crippen molar-refractivity contribution in [2.45, 2.75) is 61.6 Å². The highest BCUT2D eigenvalue weighted by molar-refractivity contribution is 7.99. The number of hydrogen-bond acceptors (Lipinski definition) is 8. The van der Waals surface area contributed by atoms with E-state index < -0.39 is 11.7 Å². The van der Waals surface area contributed by atoms with Crippen molar-refractivity contribution in [2.24, 2.45) is 0 Å². The van der Waals surface area contributed by atoms with Crippen LogP contribution in [-0.2, 0) is 4.74 Å². The molecule has 2 aromatic rings. The Morgan fingerprint density at radius 2 is 2.00 bits per heavy atom. The maximum Gasteiger partial charge on any atom is 0.408 e. The minimum atomic E-state index is -0.541. The molecule has 1 aliphatic rings. The van der Waals surface area contributed by atoms with Crippen LogP contribution in [0.1, 0.15) is 50.9 Å². The van der Waals surface area contributed by atoms with Gasteiger partial charge in [-0.2, -0.15) is 0 Å². The molecule has 0 bridgehead atoms. The van der Waals surface area contributed by atoms with Crippen LogP contribution in [-0.4, -0.2) is 46.1 Å². The summed E-state index contributed by atoms with van der Waals surface area (Å²) in [6.45, 7) is 12.4. The van der Waals surface area contributed by atoms with E-state index in [4.69, 9.17) is 22.1 Å². The Hall–Kier alpha value is -2.78. The number of alkyl carbamates (subject to hydrolysis) is 1. The zero-order valence-electron chi connectivity index (χ0n) is 19.9. The van der Waals surface area contributed by atoms with Gasteiger partial charge >= 0.3 is 6.09 Å². The Morgan fingerprint density at radius 1 is 1.32 bits per heavy atom. The molecule has 10 heteroatoms.